The number of hydrogen-bond acceptors (Lipinski definition) is 4. The van der Waals surface area contributed by atoms with Gasteiger partial charge >= 0.3 is 0 Å². The lowest BCUT2D eigenvalue weighted by atomic mass is 10.2. The van der Waals surface area contributed by atoms with Crippen LogP contribution in [0, 0.1) is 0 Å². The summed E-state index contributed by atoms with van der Waals surface area (Å²) in [6.07, 6.45) is 2.53. The summed E-state index contributed by atoms with van der Waals surface area (Å²) in [6, 6.07) is 9.24. The highest BCUT2D eigenvalue weighted by atomic mass is 16.5. The molecular weight excluding hydrogens is 230 g/mol. The van der Waals surface area contributed by atoms with Crippen LogP contribution in [0.4, 0.5) is 0 Å². The van der Waals surface area contributed by atoms with Gasteiger partial charge in [-0.05, 0) is 29.8 Å². The lowest BCUT2D eigenvalue weighted by Crippen LogP contribution is -2.16. The standard InChI is InChI=1S/C14H17NO3/c1-17-14-5-4-11(9-13(14)16)10-15-7-6-12-3-2-8-18-12/h2-5,8-9,15-16H,6-7,10H2,1H3. The number of nitrogens with one attached hydrogen (secondary N) is 1. The van der Waals surface area contributed by atoms with Crippen LogP contribution >= 0.6 is 0 Å². The molecule has 0 radical (unpaired) electrons. The maximum Gasteiger partial charge on any atom is 0.160 e. The van der Waals surface area contributed by atoms with Crippen molar-refractivity contribution in [3.8, 4) is 11.5 Å². The second-order valence-electron chi connectivity index (χ2n) is 4.01. The van der Waals surface area contributed by atoms with Crippen molar-refractivity contribution in [1.29, 1.82) is 0 Å². The van der Waals surface area contributed by atoms with Crippen molar-refractivity contribution in [3.63, 3.8) is 0 Å². The Morgan fingerprint density at radius 2 is 2.22 bits per heavy atom. The average Bonchev–Trinajstić information content (AvgIpc) is 2.88. The number of methoxy groups -OCH3 is 1. The molecule has 1 heterocycles. The van der Waals surface area contributed by atoms with E-state index in [4.69, 9.17) is 9.15 Å². The normalized spacial score (nSPS) is 10.5. The van der Waals surface area contributed by atoms with Gasteiger partial charge in [-0.1, -0.05) is 6.07 Å². The Morgan fingerprint density at radius 1 is 1.33 bits per heavy atom. The van der Waals surface area contributed by atoms with Gasteiger partial charge in [-0.25, -0.2) is 0 Å². The lowest BCUT2D eigenvalue weighted by Gasteiger charge is -2.07. The minimum Gasteiger partial charge on any atom is -0.504 e. The molecule has 96 valence electrons. The molecule has 18 heavy (non-hydrogen) atoms. The van der Waals surface area contributed by atoms with E-state index in [9.17, 15) is 5.11 Å². The van der Waals surface area contributed by atoms with Gasteiger partial charge in [0.25, 0.3) is 0 Å². The first-order valence-electron chi connectivity index (χ1n) is 5.88. The molecule has 0 aliphatic rings. The molecule has 2 N–H and O–H groups in total. The molecule has 2 rings (SSSR count). The molecule has 0 saturated heterocycles. The Hall–Kier alpha value is -1.94. The van der Waals surface area contributed by atoms with Crippen molar-refractivity contribution in [1.82, 2.24) is 5.32 Å². The number of hydrogen-bond donors (Lipinski definition) is 2. The number of ether oxygens (including phenoxy) is 1. The molecule has 4 heteroatoms. The quantitative estimate of drug-likeness (QED) is 0.769. The van der Waals surface area contributed by atoms with Gasteiger partial charge in [0.1, 0.15) is 5.76 Å². The highest BCUT2D eigenvalue weighted by molar-refractivity contribution is 5.41. The molecule has 0 bridgehead atoms. The van der Waals surface area contributed by atoms with E-state index in [0.717, 1.165) is 24.3 Å². The van der Waals surface area contributed by atoms with Crippen molar-refractivity contribution >= 4 is 0 Å². The zero-order valence-corrected chi connectivity index (χ0v) is 10.3. The summed E-state index contributed by atoms with van der Waals surface area (Å²) in [4.78, 5) is 0. The summed E-state index contributed by atoms with van der Waals surface area (Å²) in [7, 11) is 1.54. The fourth-order valence-corrected chi connectivity index (χ4v) is 1.74. The van der Waals surface area contributed by atoms with Crippen molar-refractivity contribution in [3.05, 3.63) is 47.9 Å². The second-order valence-corrected chi connectivity index (χ2v) is 4.01. The summed E-state index contributed by atoms with van der Waals surface area (Å²) in [5.41, 5.74) is 1.02. The van der Waals surface area contributed by atoms with Crippen molar-refractivity contribution in [2.45, 2.75) is 13.0 Å². The predicted molar refractivity (Wildman–Crippen MR) is 68.8 cm³/mol. The fourth-order valence-electron chi connectivity index (χ4n) is 1.74. The third-order valence-corrected chi connectivity index (χ3v) is 2.70. The smallest absolute Gasteiger partial charge is 0.160 e. The molecule has 1 aromatic heterocycles. The van der Waals surface area contributed by atoms with Crippen molar-refractivity contribution in [2.75, 3.05) is 13.7 Å². The lowest BCUT2D eigenvalue weighted by molar-refractivity contribution is 0.373. The molecule has 0 fully saturated rings. The minimum atomic E-state index is 0.169. The summed E-state index contributed by atoms with van der Waals surface area (Å²) in [5.74, 6) is 1.64. The van der Waals surface area contributed by atoms with Gasteiger partial charge in [-0.15, -0.1) is 0 Å². The molecule has 0 unspecified atom stereocenters. The molecule has 2 aromatic rings. The van der Waals surface area contributed by atoms with Crippen LogP contribution in [0.5, 0.6) is 11.5 Å². The first kappa shape index (κ1) is 12.5. The number of phenolic OH excluding ortho intramolecular Hbond substituents is 1. The maximum absolute atomic E-state index is 9.63. The number of phenols is 1. The first-order valence-corrected chi connectivity index (χ1v) is 5.88. The van der Waals surface area contributed by atoms with E-state index < -0.39 is 0 Å². The molecule has 0 spiro atoms. The third-order valence-electron chi connectivity index (χ3n) is 2.70. The highest BCUT2D eigenvalue weighted by Gasteiger charge is 2.02. The van der Waals surface area contributed by atoms with Crippen LogP contribution in [0.3, 0.4) is 0 Å². The molecule has 0 amide bonds. The zero-order valence-electron chi connectivity index (χ0n) is 10.3. The Bertz CT molecular complexity index is 480. The Kier molecular flexibility index (Phi) is 4.25. The third kappa shape index (κ3) is 3.28. The SMILES string of the molecule is COc1ccc(CNCCc2ccco2)cc1O. The van der Waals surface area contributed by atoms with Crippen LogP contribution in [-0.2, 0) is 13.0 Å². The van der Waals surface area contributed by atoms with Crippen LogP contribution in [-0.4, -0.2) is 18.8 Å². The van der Waals surface area contributed by atoms with Gasteiger partial charge in [0, 0.05) is 19.5 Å². The summed E-state index contributed by atoms with van der Waals surface area (Å²) in [5, 5.41) is 12.9. The van der Waals surface area contributed by atoms with E-state index in [0.29, 0.717) is 12.3 Å². The monoisotopic (exact) mass is 247 g/mol. The van der Waals surface area contributed by atoms with E-state index in [1.54, 1.807) is 18.4 Å². The maximum atomic E-state index is 9.63. The molecule has 1 aromatic carbocycles. The van der Waals surface area contributed by atoms with Gasteiger partial charge < -0.3 is 19.6 Å². The summed E-state index contributed by atoms with van der Waals surface area (Å²) < 4.78 is 10.2. The Balaban J connectivity index is 1.78. The minimum absolute atomic E-state index is 0.169. The predicted octanol–water partition coefficient (Wildman–Crippen LogP) is 2.33. The van der Waals surface area contributed by atoms with Gasteiger partial charge in [-0.3, -0.25) is 0 Å². The van der Waals surface area contributed by atoms with Gasteiger partial charge in [-0.2, -0.15) is 0 Å². The molecule has 0 saturated carbocycles. The van der Waals surface area contributed by atoms with Crippen LogP contribution in [0.1, 0.15) is 11.3 Å². The van der Waals surface area contributed by atoms with Gasteiger partial charge in [0.05, 0.1) is 13.4 Å². The van der Waals surface area contributed by atoms with E-state index in [1.165, 1.54) is 7.11 Å². The fraction of sp³-hybridized carbons (Fsp3) is 0.286. The first-order chi connectivity index (χ1) is 8.79. The van der Waals surface area contributed by atoms with Crippen molar-refractivity contribution < 1.29 is 14.3 Å². The number of aromatic hydroxyl groups is 1. The topological polar surface area (TPSA) is 54.6 Å². The Morgan fingerprint density at radius 3 is 2.89 bits per heavy atom. The molecule has 0 atom stereocenters. The highest BCUT2D eigenvalue weighted by Crippen LogP contribution is 2.25. The van der Waals surface area contributed by atoms with Crippen LogP contribution in [0.2, 0.25) is 0 Å². The summed E-state index contributed by atoms with van der Waals surface area (Å²) >= 11 is 0. The van der Waals surface area contributed by atoms with Crippen molar-refractivity contribution in [2.24, 2.45) is 0 Å². The number of benzene rings is 1. The molecule has 4 nitrogen and oxygen atoms in total. The van der Waals surface area contributed by atoms with E-state index in [-0.39, 0.29) is 5.75 Å². The number of furan rings is 1. The van der Waals surface area contributed by atoms with Crippen LogP contribution < -0.4 is 10.1 Å². The van der Waals surface area contributed by atoms with E-state index >= 15 is 0 Å². The van der Waals surface area contributed by atoms with Crippen LogP contribution in [0.15, 0.2) is 41.0 Å². The van der Waals surface area contributed by atoms with Gasteiger partial charge in [0.2, 0.25) is 0 Å². The molecule has 0 aliphatic heterocycles. The molecular formula is C14H17NO3. The summed E-state index contributed by atoms with van der Waals surface area (Å²) in [6.45, 7) is 1.54. The Labute approximate surface area is 106 Å². The largest absolute Gasteiger partial charge is 0.504 e. The average molecular weight is 247 g/mol. The van der Waals surface area contributed by atoms with Gasteiger partial charge in [0.15, 0.2) is 11.5 Å². The van der Waals surface area contributed by atoms with Crippen LogP contribution in [0.25, 0.3) is 0 Å². The van der Waals surface area contributed by atoms with E-state index in [1.807, 2.05) is 18.2 Å². The van der Waals surface area contributed by atoms with E-state index in [2.05, 4.69) is 5.32 Å². The second kappa shape index (κ2) is 6.12. The number of rotatable bonds is 6. The molecule has 0 aliphatic carbocycles. The zero-order chi connectivity index (χ0) is 12.8.